The normalized spacial score (nSPS) is 16.3. The first kappa shape index (κ1) is 51.7. The van der Waals surface area contributed by atoms with E-state index in [9.17, 15) is 0 Å². The maximum Gasteiger partial charge on any atom is -0.412 e. The molecule has 0 radical (unpaired) electrons. The molecule has 17 nitrogen and oxygen atoms in total. The van der Waals surface area contributed by atoms with Gasteiger partial charge < -0.3 is 5.48 Å². The van der Waals surface area contributed by atoms with Crippen LogP contribution >= 0.6 is 58.1 Å². The van der Waals surface area contributed by atoms with Crippen molar-refractivity contribution in [3.63, 3.8) is 0 Å². The van der Waals surface area contributed by atoms with E-state index in [-0.39, 0.29) is 5.48 Å². The summed E-state index contributed by atoms with van der Waals surface area (Å²) in [5.74, 6) is 0. The molecule has 0 saturated carbocycles. The number of hydrogen-bond acceptors (Lipinski definition) is 7. The summed E-state index contributed by atoms with van der Waals surface area (Å²) in [6.07, 6.45) is 0. The van der Waals surface area contributed by atoms with Gasteiger partial charge in [0.2, 0.25) is 0 Å². The summed E-state index contributed by atoms with van der Waals surface area (Å²) in [6, 6.07) is 0. The van der Waals surface area contributed by atoms with Crippen molar-refractivity contribution in [1.29, 1.82) is 0 Å². The largest absolute Gasteiger partial charge is 0.412 e. The van der Waals surface area contributed by atoms with Gasteiger partial charge in [-0.3, -0.25) is 0 Å². The summed E-state index contributed by atoms with van der Waals surface area (Å²) in [7, 11) is 40.1. The summed E-state index contributed by atoms with van der Waals surface area (Å²) in [4.78, 5) is 4.00. The van der Waals surface area contributed by atoms with Crippen LogP contribution in [0.25, 0.3) is 0 Å². The van der Waals surface area contributed by atoms with E-state index in [1.54, 1.807) is 0 Å². The molecular formula is C24H75Cl2N16OP5. The topological polar surface area (TPSA) is 119 Å². The molecule has 0 amide bonds. The van der Waals surface area contributed by atoms with Crippen molar-refractivity contribution >= 4 is 58.1 Å². The summed E-state index contributed by atoms with van der Waals surface area (Å²) in [6.45, 7) is -9.16. The molecule has 0 heterocycles. The second kappa shape index (κ2) is 17.4. The molecule has 0 spiro atoms. The van der Waals surface area contributed by atoms with Crippen LogP contribution in [0.2, 0.25) is 0 Å². The van der Waals surface area contributed by atoms with Crippen LogP contribution in [0.5, 0.6) is 0 Å². The van der Waals surface area contributed by atoms with Crippen molar-refractivity contribution in [1.82, 2.24) is 60.9 Å². The van der Waals surface area contributed by atoms with Gasteiger partial charge in [0.25, 0.3) is 0 Å². The molecule has 0 aliphatic rings. The number of hydrogen-bond donors (Lipinski definition) is 1. The van der Waals surface area contributed by atoms with Gasteiger partial charge in [-0.15, -0.1) is 0 Å². The Morgan fingerprint density at radius 2 is 0.500 bits per heavy atom. The third-order valence-corrected chi connectivity index (χ3v) is 37.4. The molecule has 0 aromatic heterocycles. The van der Waals surface area contributed by atoms with Crippen LogP contribution in [0.1, 0.15) is 0 Å². The molecule has 24 heteroatoms. The minimum atomic E-state index is -5.04. The van der Waals surface area contributed by atoms with Crippen LogP contribution in [0.4, 0.5) is 0 Å². The van der Waals surface area contributed by atoms with E-state index in [2.05, 4.69) is 46.9 Å². The molecule has 0 unspecified atom stereocenters. The van der Waals surface area contributed by atoms with Crippen molar-refractivity contribution in [3.05, 3.63) is 0 Å². The minimum absolute atomic E-state index is 0. The molecule has 0 bridgehead atoms. The van der Waals surface area contributed by atoms with Gasteiger partial charge in [0.05, 0.1) is 0 Å². The van der Waals surface area contributed by atoms with Crippen molar-refractivity contribution in [2.45, 2.75) is 0 Å². The predicted molar refractivity (Wildman–Crippen MR) is 225 cm³/mol. The molecule has 0 aromatic rings. The van der Waals surface area contributed by atoms with Gasteiger partial charge in [-0.05, 0) is 0 Å². The molecule has 0 fully saturated rings. The van der Waals surface area contributed by atoms with E-state index in [0.717, 1.165) is 0 Å². The first-order valence-corrected chi connectivity index (χ1v) is 25.9. The number of nitrogens with one attached hydrogen (secondary N) is 1. The van der Waals surface area contributed by atoms with Crippen LogP contribution in [0.3, 0.4) is 0 Å². The zero-order valence-corrected chi connectivity index (χ0v) is 40.7. The molecular weight excluding hydrogens is 754 g/mol. The van der Waals surface area contributed by atoms with E-state index in [1.807, 2.05) is 183 Å². The van der Waals surface area contributed by atoms with Crippen LogP contribution in [0, 0.1) is 0 Å². The standard InChI is InChI=1S/C24H73Cl2N16P5.H2O/c1-31(2)43(32(3)4,33(5)6)27-46(25,28-44(34(7)8,35(9)10)36(11)12,29-45(37(13)14,38(15)16)39(17)18)30-47(26,40(19)20,41(21)22)42(23)24;/h30H,1-24H3;1H2. The Labute approximate surface area is 306 Å². The second-order valence-electron chi connectivity index (χ2n) is 13.9. The number of nitrogens with zero attached hydrogens (tertiary/aromatic N) is 15. The second-order valence-corrected chi connectivity index (χ2v) is 36.9. The molecule has 0 aromatic carbocycles. The maximum atomic E-state index is 8.78. The van der Waals surface area contributed by atoms with E-state index in [0.29, 0.717) is 0 Å². The Bertz CT molecular complexity index is 1020. The van der Waals surface area contributed by atoms with E-state index >= 15 is 0 Å². The molecule has 0 aliphatic carbocycles. The Morgan fingerprint density at radius 1 is 0.354 bits per heavy atom. The van der Waals surface area contributed by atoms with E-state index < -0.39 is 35.6 Å². The molecule has 296 valence electrons. The zero-order chi connectivity index (χ0) is 38.2. The smallest absolute Gasteiger partial charge is 0.412 e. The molecule has 0 rings (SSSR count). The SMILES string of the molecule is CN(C)P(=NP(Cl)(N=P(N(C)C)(N(C)C)N(C)C)(N=P(N(C)C)(N(C)C)N(C)C)NP(Cl)(N(C)C)(N(C)C)N(C)C)(N(C)C)N(C)C.O. The van der Waals surface area contributed by atoms with Gasteiger partial charge in [-0.2, -0.15) is 0 Å². The van der Waals surface area contributed by atoms with Crippen molar-refractivity contribution < 1.29 is 5.48 Å². The molecule has 3 N–H and O–H groups in total. The number of halogens is 2. The Morgan fingerprint density at radius 3 is 0.604 bits per heavy atom. The molecule has 0 atom stereocenters. The zero-order valence-electron chi connectivity index (χ0n) is 34.7. The summed E-state index contributed by atoms with van der Waals surface area (Å²) in [5, 5.41) is 0. The quantitative estimate of drug-likeness (QED) is 0.197. The number of rotatable bonds is 17. The maximum absolute atomic E-state index is 8.78. The Hall–Kier alpha value is 1.57. The van der Waals surface area contributed by atoms with E-state index in [4.69, 9.17) is 36.0 Å². The Balaban J connectivity index is 0. The predicted octanol–water partition coefficient (Wildman–Crippen LogP) is 5.06. The van der Waals surface area contributed by atoms with Gasteiger partial charge in [0, 0.05) is 0 Å². The van der Waals surface area contributed by atoms with Crippen LogP contribution in [-0.4, -0.2) is 231 Å². The third kappa shape index (κ3) is 8.75. The average molecular weight is 830 g/mol. The van der Waals surface area contributed by atoms with Gasteiger partial charge in [0.1, 0.15) is 0 Å². The van der Waals surface area contributed by atoms with Gasteiger partial charge in [0.15, 0.2) is 0 Å². The van der Waals surface area contributed by atoms with Crippen LogP contribution in [0.15, 0.2) is 13.5 Å². The third-order valence-electron chi connectivity index (χ3n) is 8.14. The van der Waals surface area contributed by atoms with Gasteiger partial charge in [-0.25, -0.2) is 0 Å². The monoisotopic (exact) mass is 828 g/mol. The van der Waals surface area contributed by atoms with Gasteiger partial charge >= 0.3 is 302 Å². The first-order chi connectivity index (χ1) is 20.8. The summed E-state index contributed by atoms with van der Waals surface area (Å²) < 4.78 is 43.5. The van der Waals surface area contributed by atoms with Gasteiger partial charge in [-0.1, -0.05) is 0 Å². The van der Waals surface area contributed by atoms with E-state index in [1.165, 1.54) is 0 Å². The van der Waals surface area contributed by atoms with Crippen molar-refractivity contribution in [3.8, 4) is 0 Å². The van der Waals surface area contributed by atoms with Crippen LogP contribution < -0.4 is 4.86 Å². The fraction of sp³-hybridized carbons (Fsp3) is 1.00. The fourth-order valence-electron chi connectivity index (χ4n) is 6.33. The first-order valence-electron chi connectivity index (χ1n) is 15.1. The average Bonchev–Trinajstić information content (AvgIpc) is 2.87. The fourth-order valence-corrected chi connectivity index (χ4v) is 38.6. The van der Waals surface area contributed by atoms with Crippen LogP contribution in [-0.2, 0) is 0 Å². The molecule has 48 heavy (non-hydrogen) atoms. The molecule has 0 saturated heterocycles. The van der Waals surface area contributed by atoms with Crippen molar-refractivity contribution in [2.24, 2.45) is 13.5 Å². The summed E-state index contributed by atoms with van der Waals surface area (Å²) >= 11 is 17.0. The summed E-state index contributed by atoms with van der Waals surface area (Å²) in [5.41, 5.74) is 0. The Kier molecular flexibility index (Phi) is 18.7. The molecule has 0 aliphatic heterocycles. The minimum Gasteiger partial charge on any atom is -0.412 e. The van der Waals surface area contributed by atoms with Crippen molar-refractivity contribution in [2.75, 3.05) is 169 Å².